The van der Waals surface area contributed by atoms with E-state index < -0.39 is 0 Å². The second-order valence-corrected chi connectivity index (χ2v) is 8.23. The first-order valence-corrected chi connectivity index (χ1v) is 11.0. The van der Waals surface area contributed by atoms with Crippen LogP contribution in [-0.4, -0.2) is 35.7 Å². The van der Waals surface area contributed by atoms with E-state index in [9.17, 15) is 0 Å². The quantitative estimate of drug-likeness (QED) is 0.234. The molecular weight excluding hydrogens is 485 g/mol. The highest BCUT2D eigenvalue weighted by Crippen LogP contribution is 2.41. The van der Waals surface area contributed by atoms with Crippen molar-refractivity contribution in [1.82, 2.24) is 20.8 Å². The van der Waals surface area contributed by atoms with Crippen LogP contribution in [0.15, 0.2) is 27.0 Å². The summed E-state index contributed by atoms with van der Waals surface area (Å²) >= 11 is 1.88. The van der Waals surface area contributed by atoms with Crippen molar-refractivity contribution < 1.29 is 4.52 Å². The fourth-order valence-electron chi connectivity index (χ4n) is 3.75. The van der Waals surface area contributed by atoms with Crippen molar-refractivity contribution in [3.05, 3.63) is 34.1 Å². The van der Waals surface area contributed by atoms with E-state index in [0.29, 0.717) is 11.7 Å². The Hall–Kier alpha value is -1.16. The van der Waals surface area contributed by atoms with Crippen LogP contribution < -0.4 is 10.6 Å². The Kier molecular flexibility index (Phi) is 9.70. The fourth-order valence-corrected chi connectivity index (χ4v) is 4.73. The molecule has 0 spiro atoms. The third-order valence-corrected chi connectivity index (χ3v) is 6.28. The van der Waals surface area contributed by atoms with Gasteiger partial charge >= 0.3 is 0 Å². The van der Waals surface area contributed by atoms with Crippen molar-refractivity contribution in [1.29, 1.82) is 0 Å². The number of nitrogens with zero attached hydrogens (tertiary/aromatic N) is 3. The van der Waals surface area contributed by atoms with Gasteiger partial charge in [0.05, 0.1) is 6.54 Å². The first kappa shape index (κ1) is 23.1. The van der Waals surface area contributed by atoms with E-state index in [2.05, 4.69) is 45.2 Å². The van der Waals surface area contributed by atoms with Gasteiger partial charge < -0.3 is 15.2 Å². The predicted molar refractivity (Wildman–Crippen MR) is 126 cm³/mol. The molecule has 8 heteroatoms. The maximum Gasteiger partial charge on any atom is 0.226 e. The van der Waals surface area contributed by atoms with Crippen LogP contribution >= 0.6 is 35.3 Å². The van der Waals surface area contributed by atoms with Crippen LogP contribution in [0.3, 0.4) is 0 Å². The van der Waals surface area contributed by atoms with Crippen molar-refractivity contribution >= 4 is 41.3 Å². The molecule has 28 heavy (non-hydrogen) atoms. The van der Waals surface area contributed by atoms with Crippen LogP contribution in [0.5, 0.6) is 0 Å². The highest BCUT2D eigenvalue weighted by molar-refractivity contribution is 14.0. The maximum atomic E-state index is 5.17. The summed E-state index contributed by atoms with van der Waals surface area (Å²) in [6.07, 6.45) is 8.17. The summed E-state index contributed by atoms with van der Waals surface area (Å²) in [5.74, 6) is 2.30. The van der Waals surface area contributed by atoms with Gasteiger partial charge in [0.1, 0.15) is 0 Å². The number of guanidine groups is 1. The van der Waals surface area contributed by atoms with Crippen molar-refractivity contribution in [2.24, 2.45) is 4.99 Å². The third kappa shape index (κ3) is 6.43. The number of rotatable bonds is 8. The number of aliphatic imine (C=N–C) groups is 1. The Morgan fingerprint density at radius 3 is 2.75 bits per heavy atom. The van der Waals surface area contributed by atoms with Gasteiger partial charge in [-0.05, 0) is 44.6 Å². The number of aromatic nitrogens is 2. The molecule has 1 saturated carbocycles. The lowest BCUT2D eigenvalue weighted by Gasteiger charge is -2.35. The van der Waals surface area contributed by atoms with Gasteiger partial charge in [0.15, 0.2) is 11.8 Å². The van der Waals surface area contributed by atoms with Gasteiger partial charge in [0.2, 0.25) is 5.89 Å². The highest BCUT2D eigenvalue weighted by Gasteiger charge is 2.34. The molecule has 2 heterocycles. The zero-order chi connectivity index (χ0) is 19.0. The first-order valence-electron chi connectivity index (χ1n) is 10.1. The zero-order valence-electron chi connectivity index (χ0n) is 16.9. The number of aryl methyl sites for hydroxylation is 2. The van der Waals surface area contributed by atoms with E-state index in [1.807, 2.05) is 18.3 Å². The van der Waals surface area contributed by atoms with Crippen molar-refractivity contribution in [3.8, 4) is 0 Å². The normalized spacial score (nSPS) is 16.4. The third-order valence-electron chi connectivity index (χ3n) is 5.17. The minimum absolute atomic E-state index is 0. The molecule has 2 N–H and O–H groups in total. The van der Waals surface area contributed by atoms with E-state index in [1.54, 1.807) is 0 Å². The van der Waals surface area contributed by atoms with Crippen LogP contribution in [0.2, 0.25) is 0 Å². The molecule has 0 aliphatic heterocycles. The van der Waals surface area contributed by atoms with Gasteiger partial charge in [0, 0.05) is 29.8 Å². The Morgan fingerprint density at radius 2 is 2.11 bits per heavy atom. The molecule has 0 aromatic carbocycles. The Labute approximate surface area is 189 Å². The molecule has 0 amide bonds. The van der Waals surface area contributed by atoms with E-state index in [0.717, 1.165) is 38.4 Å². The Morgan fingerprint density at radius 1 is 1.29 bits per heavy atom. The van der Waals surface area contributed by atoms with Crippen molar-refractivity contribution in [2.75, 3.05) is 19.6 Å². The van der Waals surface area contributed by atoms with E-state index >= 15 is 0 Å². The summed E-state index contributed by atoms with van der Waals surface area (Å²) in [5.41, 5.74) is 0.218. The van der Waals surface area contributed by atoms with Gasteiger partial charge in [0.25, 0.3) is 0 Å². The summed E-state index contributed by atoms with van der Waals surface area (Å²) in [4.78, 5) is 10.7. The fraction of sp³-hybridized carbons (Fsp3) is 0.650. The number of halogens is 1. The summed E-state index contributed by atoms with van der Waals surface area (Å²) in [5, 5.41) is 12.9. The van der Waals surface area contributed by atoms with Gasteiger partial charge in [-0.15, -0.1) is 35.3 Å². The summed E-state index contributed by atoms with van der Waals surface area (Å²) in [7, 11) is 0. The van der Waals surface area contributed by atoms with Gasteiger partial charge in [-0.3, -0.25) is 4.99 Å². The molecule has 0 radical (unpaired) electrons. The topological polar surface area (TPSA) is 75.3 Å². The predicted octanol–water partition coefficient (Wildman–Crippen LogP) is 4.45. The molecule has 6 nitrogen and oxygen atoms in total. The van der Waals surface area contributed by atoms with Gasteiger partial charge in [-0.25, -0.2) is 0 Å². The average molecular weight is 517 g/mol. The zero-order valence-corrected chi connectivity index (χ0v) is 20.0. The molecule has 0 unspecified atom stereocenters. The molecule has 0 saturated heterocycles. The lowest BCUT2D eigenvalue weighted by Crippen LogP contribution is -2.40. The number of thiophene rings is 1. The monoisotopic (exact) mass is 517 g/mol. The molecule has 0 atom stereocenters. The Balaban J connectivity index is 0.00000280. The molecule has 2 aromatic rings. The molecule has 3 rings (SSSR count). The Bertz CT molecular complexity index is 710. The summed E-state index contributed by atoms with van der Waals surface area (Å²) in [6, 6.07) is 4.46. The van der Waals surface area contributed by atoms with Crippen LogP contribution in [0.25, 0.3) is 0 Å². The number of hydrogen-bond acceptors (Lipinski definition) is 5. The van der Waals surface area contributed by atoms with Gasteiger partial charge in [-0.2, -0.15) is 4.98 Å². The van der Waals surface area contributed by atoms with Crippen LogP contribution in [0, 0.1) is 6.92 Å². The largest absolute Gasteiger partial charge is 0.357 e. The SMILES string of the molecule is CCNC(=NCC1(c2cccs2)CCCCC1)NCCCc1nc(C)no1.I. The molecule has 1 aliphatic carbocycles. The van der Waals surface area contributed by atoms with E-state index in [-0.39, 0.29) is 29.4 Å². The molecule has 0 bridgehead atoms. The maximum absolute atomic E-state index is 5.17. The first-order chi connectivity index (χ1) is 13.2. The minimum Gasteiger partial charge on any atom is -0.357 e. The number of nitrogens with one attached hydrogen (secondary N) is 2. The second-order valence-electron chi connectivity index (χ2n) is 7.28. The molecule has 1 aliphatic rings. The molecule has 1 fully saturated rings. The lowest BCUT2D eigenvalue weighted by atomic mass is 9.73. The summed E-state index contributed by atoms with van der Waals surface area (Å²) in [6.45, 7) is 6.50. The standard InChI is InChI=1S/C20H31N5OS.HI/c1-3-21-19(22-13-7-10-18-24-16(2)25-26-18)23-15-20(11-5-4-6-12-20)17-9-8-14-27-17;/h8-9,14H,3-7,10-13,15H2,1-2H3,(H2,21,22,23);1H. The van der Waals surface area contributed by atoms with Crippen LogP contribution in [0.1, 0.15) is 62.0 Å². The smallest absolute Gasteiger partial charge is 0.226 e. The van der Waals surface area contributed by atoms with E-state index in [4.69, 9.17) is 9.52 Å². The van der Waals surface area contributed by atoms with Crippen molar-refractivity contribution in [3.63, 3.8) is 0 Å². The minimum atomic E-state index is 0. The molecule has 2 aromatic heterocycles. The van der Waals surface area contributed by atoms with E-state index in [1.165, 1.54) is 37.0 Å². The second kappa shape index (κ2) is 11.7. The lowest BCUT2D eigenvalue weighted by molar-refractivity contribution is 0.306. The highest BCUT2D eigenvalue weighted by atomic mass is 127. The average Bonchev–Trinajstić information content (AvgIpc) is 3.36. The van der Waals surface area contributed by atoms with Crippen LogP contribution in [-0.2, 0) is 11.8 Å². The molecular formula is C20H32IN5OS. The van der Waals surface area contributed by atoms with Crippen molar-refractivity contribution in [2.45, 2.75) is 64.2 Å². The van der Waals surface area contributed by atoms with Crippen LogP contribution in [0.4, 0.5) is 0 Å². The molecule has 156 valence electrons. The summed E-state index contributed by atoms with van der Waals surface area (Å²) < 4.78 is 5.17. The van der Waals surface area contributed by atoms with Gasteiger partial charge in [-0.1, -0.05) is 30.5 Å². The number of hydrogen-bond donors (Lipinski definition) is 2.